The average molecular weight is 357 g/mol. The summed E-state index contributed by atoms with van der Waals surface area (Å²) >= 11 is 5.58. The lowest BCUT2D eigenvalue weighted by molar-refractivity contribution is 0.0884. The van der Waals surface area contributed by atoms with Crippen LogP contribution >= 0.6 is 27.7 Å². The Kier molecular flexibility index (Phi) is 6.92. The zero-order valence-electron chi connectivity index (χ0n) is 12.5. The Labute approximate surface area is 136 Å². The molecule has 0 aliphatic carbocycles. The summed E-state index contributed by atoms with van der Waals surface area (Å²) in [7, 11) is 0. The molecule has 3 unspecified atom stereocenters. The van der Waals surface area contributed by atoms with Gasteiger partial charge in [-0.05, 0) is 49.3 Å². The minimum absolute atomic E-state index is 0.383. The predicted molar refractivity (Wildman–Crippen MR) is 92.4 cm³/mol. The van der Waals surface area contributed by atoms with E-state index in [2.05, 4.69) is 65.8 Å². The first-order chi connectivity index (χ1) is 9.72. The summed E-state index contributed by atoms with van der Waals surface area (Å²) in [5.74, 6) is 0.612. The van der Waals surface area contributed by atoms with E-state index >= 15 is 0 Å². The first kappa shape index (κ1) is 16.4. The van der Waals surface area contributed by atoms with E-state index in [1.54, 1.807) is 0 Å². The highest BCUT2D eigenvalue weighted by atomic mass is 79.9. The van der Waals surface area contributed by atoms with Crippen molar-refractivity contribution in [3.63, 3.8) is 0 Å². The zero-order chi connectivity index (χ0) is 14.4. The number of hydrogen-bond donors (Lipinski definition) is 0. The monoisotopic (exact) mass is 356 g/mol. The molecule has 3 heteroatoms. The van der Waals surface area contributed by atoms with Crippen molar-refractivity contribution in [1.82, 2.24) is 0 Å². The minimum atomic E-state index is 0.383. The van der Waals surface area contributed by atoms with Crippen LogP contribution in [-0.4, -0.2) is 17.3 Å². The fraction of sp³-hybridized carbons (Fsp3) is 0.647. The minimum Gasteiger partial charge on any atom is -0.368 e. The van der Waals surface area contributed by atoms with E-state index in [9.17, 15) is 0 Å². The highest BCUT2D eigenvalue weighted by Gasteiger charge is 2.25. The number of ether oxygens (including phenoxy) is 1. The Morgan fingerprint density at radius 2 is 2.05 bits per heavy atom. The van der Waals surface area contributed by atoms with E-state index in [0.29, 0.717) is 11.4 Å². The van der Waals surface area contributed by atoms with Crippen LogP contribution in [0.15, 0.2) is 28.7 Å². The van der Waals surface area contributed by atoms with E-state index in [4.69, 9.17) is 4.74 Å². The quantitative estimate of drug-likeness (QED) is 0.619. The molecule has 0 N–H and O–H groups in total. The molecule has 0 bridgehead atoms. The molecule has 0 radical (unpaired) electrons. The normalized spacial score (nSPS) is 24.6. The van der Waals surface area contributed by atoms with Crippen molar-refractivity contribution in [1.29, 1.82) is 0 Å². The molecule has 2 rings (SSSR count). The second kappa shape index (κ2) is 8.45. The van der Waals surface area contributed by atoms with E-state index in [0.717, 1.165) is 22.8 Å². The van der Waals surface area contributed by atoms with Gasteiger partial charge in [0.15, 0.2) is 0 Å². The lowest BCUT2D eigenvalue weighted by atomic mass is 9.93. The highest BCUT2D eigenvalue weighted by Crippen LogP contribution is 2.37. The van der Waals surface area contributed by atoms with Gasteiger partial charge < -0.3 is 4.74 Å². The Balaban J connectivity index is 1.93. The molecule has 1 saturated heterocycles. The van der Waals surface area contributed by atoms with Crippen LogP contribution in [0.4, 0.5) is 0 Å². The maximum Gasteiger partial charge on any atom is 0.104 e. The van der Waals surface area contributed by atoms with Crippen molar-refractivity contribution >= 4 is 27.7 Å². The number of hydrogen-bond acceptors (Lipinski definition) is 2. The molecular weight excluding hydrogens is 332 g/mol. The molecule has 1 aromatic carbocycles. The van der Waals surface area contributed by atoms with Gasteiger partial charge in [0.25, 0.3) is 0 Å². The second-order valence-corrected chi connectivity index (χ2v) is 7.91. The summed E-state index contributed by atoms with van der Waals surface area (Å²) in [6.07, 6.45) is 6.17. The van der Waals surface area contributed by atoms with Crippen molar-refractivity contribution in [2.24, 2.45) is 0 Å². The van der Waals surface area contributed by atoms with E-state index < -0.39 is 0 Å². The van der Waals surface area contributed by atoms with Gasteiger partial charge in [0.2, 0.25) is 0 Å². The summed E-state index contributed by atoms with van der Waals surface area (Å²) in [6, 6.07) is 8.78. The SMILES string of the molecule is CCCC1CCOC(CC(CC)c2ccc(Br)cc2)S1. The zero-order valence-corrected chi connectivity index (χ0v) is 14.9. The molecule has 1 heterocycles. The number of thioether (sulfide) groups is 1. The lowest BCUT2D eigenvalue weighted by Gasteiger charge is -2.31. The summed E-state index contributed by atoms with van der Waals surface area (Å²) < 4.78 is 7.14. The molecule has 1 aliphatic rings. The molecule has 1 aliphatic heterocycles. The Bertz CT molecular complexity index is 390. The first-order valence-electron chi connectivity index (χ1n) is 7.75. The largest absolute Gasteiger partial charge is 0.368 e. The fourth-order valence-corrected chi connectivity index (χ4v) is 4.63. The van der Waals surface area contributed by atoms with Gasteiger partial charge >= 0.3 is 0 Å². The third-order valence-corrected chi connectivity index (χ3v) is 6.03. The molecule has 0 aromatic heterocycles. The molecular formula is C17H25BrOS. The van der Waals surface area contributed by atoms with Gasteiger partial charge in [-0.3, -0.25) is 0 Å². The van der Waals surface area contributed by atoms with E-state index in [1.165, 1.54) is 31.2 Å². The smallest absolute Gasteiger partial charge is 0.104 e. The molecule has 112 valence electrons. The van der Waals surface area contributed by atoms with Gasteiger partial charge in [0.05, 0.1) is 0 Å². The lowest BCUT2D eigenvalue weighted by Crippen LogP contribution is -2.25. The van der Waals surface area contributed by atoms with Crippen molar-refractivity contribution < 1.29 is 4.74 Å². The van der Waals surface area contributed by atoms with Gasteiger partial charge in [-0.1, -0.05) is 48.3 Å². The number of benzene rings is 1. The van der Waals surface area contributed by atoms with Crippen molar-refractivity contribution in [3.8, 4) is 0 Å². The molecule has 0 amide bonds. The Morgan fingerprint density at radius 3 is 2.70 bits per heavy atom. The van der Waals surface area contributed by atoms with E-state index in [-0.39, 0.29) is 0 Å². The predicted octanol–water partition coefficient (Wildman–Crippen LogP) is 5.98. The van der Waals surface area contributed by atoms with Gasteiger partial charge in [0, 0.05) is 16.3 Å². The molecule has 1 fully saturated rings. The summed E-state index contributed by atoms with van der Waals surface area (Å²) in [6.45, 7) is 5.50. The molecule has 1 nitrogen and oxygen atoms in total. The van der Waals surface area contributed by atoms with Crippen LogP contribution in [0.5, 0.6) is 0 Å². The van der Waals surface area contributed by atoms with Crippen LogP contribution < -0.4 is 0 Å². The fourth-order valence-electron chi connectivity index (χ4n) is 2.82. The second-order valence-electron chi connectivity index (χ2n) is 5.53. The first-order valence-corrected chi connectivity index (χ1v) is 9.49. The topological polar surface area (TPSA) is 9.23 Å². The van der Waals surface area contributed by atoms with Gasteiger partial charge in [0.1, 0.15) is 5.44 Å². The summed E-state index contributed by atoms with van der Waals surface area (Å²) in [5.41, 5.74) is 1.83. The molecule has 3 atom stereocenters. The van der Waals surface area contributed by atoms with E-state index in [1.807, 2.05) is 0 Å². The van der Waals surface area contributed by atoms with Crippen LogP contribution in [0, 0.1) is 0 Å². The number of halogens is 1. The third-order valence-electron chi connectivity index (χ3n) is 4.01. The molecule has 0 spiro atoms. The average Bonchev–Trinajstić information content (AvgIpc) is 2.47. The van der Waals surface area contributed by atoms with Crippen LogP contribution in [0.1, 0.15) is 57.4 Å². The standard InChI is InChI=1S/C17H25BrOS/c1-3-5-16-10-11-19-17(20-16)12-13(4-2)14-6-8-15(18)9-7-14/h6-9,13,16-17H,3-5,10-12H2,1-2H3. The molecule has 1 aromatic rings. The highest BCUT2D eigenvalue weighted by molar-refractivity contribution is 9.10. The Morgan fingerprint density at radius 1 is 1.30 bits per heavy atom. The van der Waals surface area contributed by atoms with Crippen molar-refractivity contribution in [2.45, 2.75) is 62.6 Å². The maximum absolute atomic E-state index is 5.99. The van der Waals surface area contributed by atoms with Crippen molar-refractivity contribution in [2.75, 3.05) is 6.61 Å². The Hall–Kier alpha value is 0.01000. The summed E-state index contributed by atoms with van der Waals surface area (Å²) in [5, 5.41) is 0.807. The number of rotatable bonds is 6. The van der Waals surface area contributed by atoms with Crippen LogP contribution in [0.3, 0.4) is 0 Å². The third kappa shape index (κ3) is 4.78. The molecule has 0 saturated carbocycles. The molecule has 20 heavy (non-hydrogen) atoms. The van der Waals surface area contributed by atoms with Crippen LogP contribution in [0.25, 0.3) is 0 Å². The van der Waals surface area contributed by atoms with Crippen molar-refractivity contribution in [3.05, 3.63) is 34.3 Å². The van der Waals surface area contributed by atoms with Gasteiger partial charge in [-0.25, -0.2) is 0 Å². The van der Waals surface area contributed by atoms with Gasteiger partial charge in [-0.15, -0.1) is 11.8 Å². The van der Waals surface area contributed by atoms with Crippen LogP contribution in [0.2, 0.25) is 0 Å². The van der Waals surface area contributed by atoms with Gasteiger partial charge in [-0.2, -0.15) is 0 Å². The van der Waals surface area contributed by atoms with Crippen LogP contribution in [-0.2, 0) is 4.74 Å². The maximum atomic E-state index is 5.99. The summed E-state index contributed by atoms with van der Waals surface area (Å²) in [4.78, 5) is 0.